The van der Waals surface area contributed by atoms with Crippen LogP contribution in [0.1, 0.15) is 42.7 Å². The van der Waals surface area contributed by atoms with E-state index >= 15 is 0 Å². The minimum Gasteiger partial charge on any atom is -0.449 e. The van der Waals surface area contributed by atoms with Gasteiger partial charge in [-0.25, -0.2) is 13.6 Å². The minimum absolute atomic E-state index is 0.0380. The summed E-state index contributed by atoms with van der Waals surface area (Å²) in [4.78, 5) is 12.1. The summed E-state index contributed by atoms with van der Waals surface area (Å²) in [5.41, 5.74) is 3.22. The molecule has 2 aliphatic carbocycles. The van der Waals surface area contributed by atoms with E-state index in [9.17, 15) is 18.7 Å². The second-order valence-corrected chi connectivity index (χ2v) is 7.76. The third-order valence-corrected chi connectivity index (χ3v) is 5.82. The first kappa shape index (κ1) is 18.9. The van der Waals surface area contributed by atoms with Crippen molar-refractivity contribution in [3.8, 4) is 11.1 Å². The zero-order valence-electron chi connectivity index (χ0n) is 15.5. The number of alkyl halides is 2. The Labute approximate surface area is 162 Å². The number of aliphatic hydroxyl groups is 1. The van der Waals surface area contributed by atoms with Gasteiger partial charge >= 0.3 is 6.09 Å². The fourth-order valence-corrected chi connectivity index (χ4v) is 4.14. The summed E-state index contributed by atoms with van der Waals surface area (Å²) in [5, 5.41) is 12.9. The van der Waals surface area contributed by atoms with Gasteiger partial charge in [-0.05, 0) is 35.1 Å². The molecule has 1 saturated carbocycles. The van der Waals surface area contributed by atoms with Crippen LogP contribution in [0.15, 0.2) is 48.5 Å². The Morgan fingerprint density at radius 2 is 1.54 bits per heavy atom. The van der Waals surface area contributed by atoms with E-state index in [4.69, 9.17) is 4.74 Å². The zero-order valence-corrected chi connectivity index (χ0v) is 15.5. The van der Waals surface area contributed by atoms with Crippen molar-refractivity contribution in [3.63, 3.8) is 0 Å². The molecule has 0 atom stereocenters. The quantitative estimate of drug-likeness (QED) is 0.814. The predicted octanol–water partition coefficient (Wildman–Crippen LogP) is 4.47. The minimum atomic E-state index is -2.73. The van der Waals surface area contributed by atoms with Gasteiger partial charge in [0.25, 0.3) is 0 Å². The zero-order chi connectivity index (χ0) is 19.8. The van der Waals surface area contributed by atoms with Crippen LogP contribution in [0.5, 0.6) is 0 Å². The van der Waals surface area contributed by atoms with Crippen molar-refractivity contribution in [2.75, 3.05) is 13.2 Å². The number of hydrogen-bond acceptors (Lipinski definition) is 3. The maximum Gasteiger partial charge on any atom is 0.407 e. The first-order valence-electron chi connectivity index (χ1n) is 9.56. The standard InChI is InChI=1S/C22H23F2NO3/c23-22(24)11-9-21(27,10-12-22)14-25-20(26)28-13-19-17-7-3-1-5-15(17)16-6-2-4-8-18(16)19/h1-8,19,27H,9-14H2,(H,25,26). The Morgan fingerprint density at radius 3 is 2.11 bits per heavy atom. The summed E-state index contributed by atoms with van der Waals surface area (Å²) < 4.78 is 31.9. The van der Waals surface area contributed by atoms with Crippen LogP contribution < -0.4 is 5.32 Å². The summed E-state index contributed by atoms with van der Waals surface area (Å²) in [6.07, 6.45) is -1.45. The van der Waals surface area contributed by atoms with Gasteiger partial charge in [-0.3, -0.25) is 0 Å². The van der Waals surface area contributed by atoms with Gasteiger partial charge in [0.05, 0.1) is 5.60 Å². The van der Waals surface area contributed by atoms with Crippen LogP contribution in [0.3, 0.4) is 0 Å². The number of alkyl carbamates (subject to hydrolysis) is 1. The lowest BCUT2D eigenvalue weighted by Crippen LogP contribution is -2.47. The number of nitrogens with one attached hydrogen (secondary N) is 1. The fraction of sp³-hybridized carbons (Fsp3) is 0.409. The normalized spacial score (nSPS) is 19.5. The molecule has 2 N–H and O–H groups in total. The number of carbonyl (C=O) groups is 1. The van der Waals surface area contributed by atoms with Crippen molar-refractivity contribution in [3.05, 3.63) is 59.7 Å². The number of halogens is 2. The van der Waals surface area contributed by atoms with Gasteiger partial charge < -0.3 is 15.2 Å². The molecule has 4 nitrogen and oxygen atoms in total. The van der Waals surface area contributed by atoms with Crippen LogP contribution in [0, 0.1) is 0 Å². The van der Waals surface area contributed by atoms with Crippen LogP contribution in [0.2, 0.25) is 0 Å². The maximum absolute atomic E-state index is 13.3. The van der Waals surface area contributed by atoms with Gasteiger partial charge in [-0.1, -0.05) is 48.5 Å². The van der Waals surface area contributed by atoms with E-state index in [1.54, 1.807) is 0 Å². The third kappa shape index (κ3) is 3.74. The highest BCUT2D eigenvalue weighted by molar-refractivity contribution is 5.79. The van der Waals surface area contributed by atoms with E-state index in [1.165, 1.54) is 0 Å². The topological polar surface area (TPSA) is 58.6 Å². The molecule has 0 unspecified atom stereocenters. The number of hydrogen-bond donors (Lipinski definition) is 2. The predicted molar refractivity (Wildman–Crippen MR) is 101 cm³/mol. The lowest BCUT2D eigenvalue weighted by atomic mass is 9.83. The SMILES string of the molecule is O=C(NCC1(O)CCC(F)(F)CC1)OCC1c2ccccc2-c2ccccc21. The number of amides is 1. The van der Waals surface area contributed by atoms with Crippen molar-refractivity contribution in [1.29, 1.82) is 0 Å². The van der Waals surface area contributed by atoms with Gasteiger partial charge in [-0.15, -0.1) is 0 Å². The molecule has 2 aliphatic rings. The van der Waals surface area contributed by atoms with Gasteiger partial charge in [0.1, 0.15) is 6.61 Å². The smallest absolute Gasteiger partial charge is 0.407 e. The molecule has 0 radical (unpaired) electrons. The highest BCUT2D eigenvalue weighted by Crippen LogP contribution is 2.44. The van der Waals surface area contributed by atoms with Gasteiger partial charge in [0.15, 0.2) is 0 Å². The molecule has 2 aromatic rings. The molecular formula is C22H23F2NO3. The fourth-order valence-electron chi connectivity index (χ4n) is 4.14. The first-order valence-corrected chi connectivity index (χ1v) is 9.56. The highest BCUT2D eigenvalue weighted by atomic mass is 19.3. The van der Waals surface area contributed by atoms with E-state index in [0.29, 0.717) is 0 Å². The maximum atomic E-state index is 13.3. The average Bonchev–Trinajstić information content (AvgIpc) is 3.02. The molecule has 0 bridgehead atoms. The van der Waals surface area contributed by atoms with Crippen molar-refractivity contribution in [2.45, 2.75) is 43.1 Å². The molecule has 1 fully saturated rings. The molecule has 6 heteroatoms. The number of benzene rings is 2. The van der Waals surface area contributed by atoms with E-state index in [-0.39, 0.29) is 44.8 Å². The van der Waals surface area contributed by atoms with Gasteiger partial charge in [-0.2, -0.15) is 0 Å². The molecule has 0 heterocycles. The van der Waals surface area contributed by atoms with E-state index in [0.717, 1.165) is 22.3 Å². The summed E-state index contributed by atoms with van der Waals surface area (Å²) in [5.74, 6) is -2.77. The Balaban J connectivity index is 1.35. The highest BCUT2D eigenvalue weighted by Gasteiger charge is 2.42. The van der Waals surface area contributed by atoms with Crippen molar-refractivity contribution in [2.24, 2.45) is 0 Å². The molecule has 28 heavy (non-hydrogen) atoms. The molecular weight excluding hydrogens is 364 g/mol. The number of fused-ring (bicyclic) bond motifs is 3. The third-order valence-electron chi connectivity index (χ3n) is 5.82. The summed E-state index contributed by atoms with van der Waals surface area (Å²) in [6.45, 7) is 0.0934. The number of carbonyl (C=O) groups excluding carboxylic acids is 1. The summed E-state index contributed by atoms with van der Waals surface area (Å²) in [7, 11) is 0. The first-order chi connectivity index (χ1) is 13.4. The van der Waals surface area contributed by atoms with Gasteiger partial charge in [0, 0.05) is 25.3 Å². The molecule has 1 amide bonds. The lowest BCUT2D eigenvalue weighted by molar-refractivity contribution is -0.101. The second kappa shape index (κ2) is 7.17. The second-order valence-electron chi connectivity index (χ2n) is 7.76. The molecule has 2 aromatic carbocycles. The summed E-state index contributed by atoms with van der Waals surface area (Å²) in [6, 6.07) is 16.1. The largest absolute Gasteiger partial charge is 0.449 e. The molecule has 0 spiro atoms. The van der Waals surface area contributed by atoms with Crippen molar-refractivity contribution < 1.29 is 23.4 Å². The summed E-state index contributed by atoms with van der Waals surface area (Å²) >= 11 is 0. The van der Waals surface area contributed by atoms with Crippen molar-refractivity contribution in [1.82, 2.24) is 5.32 Å². The number of rotatable bonds is 4. The Bertz CT molecular complexity index is 828. The van der Waals surface area contributed by atoms with Crippen LogP contribution >= 0.6 is 0 Å². The average molecular weight is 387 g/mol. The molecule has 0 aliphatic heterocycles. The molecule has 0 aromatic heterocycles. The van der Waals surface area contributed by atoms with E-state index in [2.05, 4.69) is 17.4 Å². The van der Waals surface area contributed by atoms with Crippen LogP contribution in [-0.2, 0) is 4.74 Å². The monoisotopic (exact) mass is 387 g/mol. The molecule has 0 saturated heterocycles. The van der Waals surface area contributed by atoms with E-state index in [1.807, 2.05) is 36.4 Å². The Morgan fingerprint density at radius 1 is 1.00 bits per heavy atom. The lowest BCUT2D eigenvalue weighted by Gasteiger charge is -2.35. The Hall–Kier alpha value is -2.47. The molecule has 148 valence electrons. The molecule has 4 rings (SSSR count). The number of ether oxygens (including phenoxy) is 1. The van der Waals surface area contributed by atoms with E-state index < -0.39 is 17.6 Å². The Kier molecular flexibility index (Phi) is 4.83. The van der Waals surface area contributed by atoms with Crippen LogP contribution in [0.4, 0.5) is 13.6 Å². The van der Waals surface area contributed by atoms with Gasteiger partial charge in [0.2, 0.25) is 5.92 Å². The van der Waals surface area contributed by atoms with Crippen LogP contribution in [-0.4, -0.2) is 35.9 Å². The van der Waals surface area contributed by atoms with Crippen LogP contribution in [0.25, 0.3) is 11.1 Å². The van der Waals surface area contributed by atoms with Crippen molar-refractivity contribution >= 4 is 6.09 Å².